The highest BCUT2D eigenvalue weighted by molar-refractivity contribution is 7.92. The van der Waals surface area contributed by atoms with Gasteiger partial charge in [0.15, 0.2) is 11.5 Å². The first-order valence-electron chi connectivity index (χ1n) is 6.45. The maximum Gasteiger partial charge on any atom is 0.202 e. The Hall–Kier alpha value is -2.17. The van der Waals surface area contributed by atoms with Gasteiger partial charge in [0.05, 0.1) is 5.69 Å². The monoisotopic (exact) mass is 357 g/mol. The van der Waals surface area contributed by atoms with Gasteiger partial charge in [0.2, 0.25) is 5.82 Å². The van der Waals surface area contributed by atoms with E-state index in [1.165, 1.54) is 0 Å². The van der Waals surface area contributed by atoms with Gasteiger partial charge in [-0.25, -0.2) is 9.62 Å². The highest BCUT2D eigenvalue weighted by Crippen LogP contribution is 2.19. The van der Waals surface area contributed by atoms with Crippen LogP contribution in [0.2, 0.25) is 5.02 Å². The lowest BCUT2D eigenvalue weighted by atomic mass is 10.3. The molecule has 0 fully saturated rings. The Morgan fingerprint density at radius 2 is 2.22 bits per heavy atom. The number of nitrogens with one attached hydrogen (secondary N) is 4. The Kier molecular flexibility index (Phi) is 5.53. The molecular formula is C12H16ClN7O2S. The summed E-state index contributed by atoms with van der Waals surface area (Å²) in [6, 6.07) is 6.76. The van der Waals surface area contributed by atoms with Gasteiger partial charge in [-0.2, -0.15) is 0 Å². The normalized spacial score (nSPS) is 12.2. The molecule has 0 aliphatic rings. The minimum absolute atomic E-state index is 0.0304. The van der Waals surface area contributed by atoms with Crippen LogP contribution in [0.15, 0.2) is 33.9 Å². The molecule has 0 aliphatic heterocycles. The summed E-state index contributed by atoms with van der Waals surface area (Å²) in [6.07, 6.45) is 1.57. The lowest BCUT2D eigenvalue weighted by Crippen LogP contribution is -2.23. The molecule has 0 atom stereocenters. The quantitative estimate of drug-likeness (QED) is 0.305. The molecule has 0 amide bonds. The zero-order valence-electron chi connectivity index (χ0n) is 12.2. The van der Waals surface area contributed by atoms with Crippen molar-refractivity contribution in [2.75, 3.05) is 23.9 Å². The van der Waals surface area contributed by atoms with E-state index in [9.17, 15) is 5.21 Å². The summed E-state index contributed by atoms with van der Waals surface area (Å²) in [5.41, 5.74) is 2.65. The predicted octanol–water partition coefficient (Wildman–Crippen LogP) is 2.50. The van der Waals surface area contributed by atoms with Crippen LogP contribution < -0.4 is 10.8 Å². The zero-order valence-corrected chi connectivity index (χ0v) is 13.8. The van der Waals surface area contributed by atoms with E-state index in [0.717, 1.165) is 0 Å². The van der Waals surface area contributed by atoms with Gasteiger partial charge >= 0.3 is 0 Å². The molecule has 9 nitrogen and oxygen atoms in total. The van der Waals surface area contributed by atoms with Gasteiger partial charge in [-0.15, -0.1) is 0 Å². The van der Waals surface area contributed by atoms with Crippen molar-refractivity contribution in [3.8, 4) is 0 Å². The molecule has 0 saturated carbocycles. The van der Waals surface area contributed by atoms with Crippen LogP contribution in [0.4, 0.5) is 11.5 Å². The predicted molar refractivity (Wildman–Crippen MR) is 89.0 cm³/mol. The fourth-order valence-electron chi connectivity index (χ4n) is 1.64. The number of benzene rings is 1. The van der Waals surface area contributed by atoms with E-state index in [-0.39, 0.29) is 17.3 Å². The Morgan fingerprint density at radius 1 is 1.43 bits per heavy atom. The maximum atomic E-state index is 9.30. The SMILES string of the molecule is CS(=N)(=N)CCNc1nonc1C(=Nc1cccc(Cl)c1)NO. The summed E-state index contributed by atoms with van der Waals surface area (Å²) in [5, 5.41) is 20.1. The molecule has 2 aromatic rings. The first-order valence-corrected chi connectivity index (χ1v) is 9.04. The molecule has 0 aliphatic carbocycles. The number of aromatic nitrogens is 2. The van der Waals surface area contributed by atoms with Gasteiger partial charge < -0.3 is 5.32 Å². The zero-order chi connectivity index (χ0) is 16.9. The van der Waals surface area contributed by atoms with Crippen LogP contribution >= 0.6 is 11.6 Å². The van der Waals surface area contributed by atoms with Crippen molar-refractivity contribution in [1.29, 1.82) is 9.56 Å². The highest BCUT2D eigenvalue weighted by atomic mass is 35.5. The molecule has 0 bridgehead atoms. The molecule has 1 aromatic carbocycles. The third-order valence-electron chi connectivity index (χ3n) is 2.67. The van der Waals surface area contributed by atoms with E-state index in [4.69, 9.17) is 21.2 Å². The second kappa shape index (κ2) is 7.40. The van der Waals surface area contributed by atoms with E-state index in [1.807, 2.05) is 5.48 Å². The van der Waals surface area contributed by atoms with E-state index in [0.29, 0.717) is 23.0 Å². The number of hydrogen-bond donors (Lipinski definition) is 5. The van der Waals surface area contributed by atoms with Crippen molar-refractivity contribution in [2.24, 2.45) is 4.99 Å². The summed E-state index contributed by atoms with van der Waals surface area (Å²) in [4.78, 5) is 4.20. The Labute approximate surface area is 138 Å². The minimum atomic E-state index is -2.12. The third-order valence-corrected chi connectivity index (χ3v) is 3.93. The van der Waals surface area contributed by atoms with Crippen LogP contribution in [0, 0.1) is 9.56 Å². The average molecular weight is 358 g/mol. The van der Waals surface area contributed by atoms with Crippen molar-refractivity contribution >= 4 is 38.6 Å². The van der Waals surface area contributed by atoms with Crippen LogP contribution in [-0.2, 0) is 9.62 Å². The second-order valence-corrected chi connectivity index (χ2v) is 7.75. The van der Waals surface area contributed by atoms with Gasteiger partial charge in [-0.3, -0.25) is 20.2 Å². The summed E-state index contributed by atoms with van der Waals surface area (Å²) < 4.78 is 19.8. The number of hydroxylamine groups is 1. The van der Waals surface area contributed by atoms with Gasteiger partial charge in [0.25, 0.3) is 0 Å². The first-order chi connectivity index (χ1) is 10.9. The molecule has 0 saturated heterocycles. The number of nitrogens with zero attached hydrogens (tertiary/aromatic N) is 3. The second-order valence-electron chi connectivity index (χ2n) is 4.73. The van der Waals surface area contributed by atoms with Crippen LogP contribution in [0.25, 0.3) is 0 Å². The number of aliphatic imine (C=N–C) groups is 1. The Morgan fingerprint density at radius 3 is 2.87 bits per heavy atom. The molecule has 0 unspecified atom stereocenters. The van der Waals surface area contributed by atoms with E-state index >= 15 is 0 Å². The molecular weight excluding hydrogens is 342 g/mol. The topological polar surface area (TPSA) is 143 Å². The summed E-state index contributed by atoms with van der Waals surface area (Å²) in [6.45, 7) is 0.357. The van der Waals surface area contributed by atoms with Gasteiger partial charge in [0, 0.05) is 23.6 Å². The fraction of sp³-hybridized carbons (Fsp3) is 0.250. The molecule has 0 radical (unpaired) electrons. The molecule has 2 rings (SSSR count). The Balaban J connectivity index is 2.21. The number of amidine groups is 1. The summed E-state index contributed by atoms with van der Waals surface area (Å²) in [5.74, 6) is 0.644. The van der Waals surface area contributed by atoms with Crippen molar-refractivity contribution in [3.05, 3.63) is 35.0 Å². The van der Waals surface area contributed by atoms with Crippen LogP contribution in [-0.4, -0.2) is 39.9 Å². The standard InChI is InChI=1S/C12H16ClN7O2S/c1-23(14,15)6-5-16-11-10(19-22-20-11)12(18-21)17-9-4-2-3-8(13)7-9/h2-4,7,14-15,21H,5-6H2,1H3,(H,16,20)(H,17,18). The first kappa shape index (κ1) is 17.2. The van der Waals surface area contributed by atoms with E-state index in [1.54, 1.807) is 30.5 Å². The van der Waals surface area contributed by atoms with Crippen molar-refractivity contribution in [2.45, 2.75) is 0 Å². The summed E-state index contributed by atoms with van der Waals surface area (Å²) in [7, 11) is -2.12. The van der Waals surface area contributed by atoms with Gasteiger partial charge in [-0.05, 0) is 28.5 Å². The number of halogens is 1. The molecule has 0 spiro atoms. The lowest BCUT2D eigenvalue weighted by molar-refractivity contribution is 0.234. The van der Waals surface area contributed by atoms with Gasteiger partial charge in [0.1, 0.15) is 0 Å². The largest absolute Gasteiger partial charge is 0.364 e. The molecule has 11 heteroatoms. The average Bonchev–Trinajstić information content (AvgIpc) is 2.92. The fourth-order valence-corrected chi connectivity index (χ4v) is 2.33. The Bertz CT molecular complexity index is 803. The maximum absolute atomic E-state index is 9.30. The van der Waals surface area contributed by atoms with Crippen molar-refractivity contribution in [1.82, 2.24) is 15.8 Å². The smallest absolute Gasteiger partial charge is 0.202 e. The van der Waals surface area contributed by atoms with Gasteiger partial charge in [-0.1, -0.05) is 27.3 Å². The number of anilines is 1. The molecule has 1 heterocycles. The van der Waals surface area contributed by atoms with Crippen molar-refractivity contribution < 1.29 is 9.84 Å². The van der Waals surface area contributed by atoms with Crippen molar-refractivity contribution in [3.63, 3.8) is 0 Å². The summed E-state index contributed by atoms with van der Waals surface area (Å²) >= 11 is 5.89. The molecule has 124 valence electrons. The van der Waals surface area contributed by atoms with E-state index in [2.05, 4.69) is 25.3 Å². The minimum Gasteiger partial charge on any atom is -0.364 e. The number of hydrogen-bond acceptors (Lipinski definition) is 8. The van der Waals surface area contributed by atoms with E-state index < -0.39 is 9.62 Å². The molecule has 1 aromatic heterocycles. The number of rotatable bonds is 6. The van der Waals surface area contributed by atoms with Crippen LogP contribution in [0.3, 0.4) is 0 Å². The molecule has 5 N–H and O–H groups in total. The highest BCUT2D eigenvalue weighted by Gasteiger charge is 2.16. The third kappa shape index (κ3) is 5.20. The van der Waals surface area contributed by atoms with Crippen LogP contribution in [0.1, 0.15) is 5.69 Å². The lowest BCUT2D eigenvalue weighted by Gasteiger charge is -2.07. The van der Waals surface area contributed by atoms with Crippen LogP contribution in [0.5, 0.6) is 0 Å². The molecule has 23 heavy (non-hydrogen) atoms.